The predicted octanol–water partition coefficient (Wildman–Crippen LogP) is 3.99. The maximum absolute atomic E-state index is 6.33. The fourth-order valence-corrected chi connectivity index (χ4v) is 3.28. The molecule has 1 aromatic carbocycles. The molecule has 0 spiro atoms. The summed E-state index contributed by atoms with van der Waals surface area (Å²) in [5, 5.41) is 0.726. The molecule has 1 aliphatic carbocycles. The average Bonchev–Trinajstić information content (AvgIpc) is 2.39. The predicted molar refractivity (Wildman–Crippen MR) is 87.2 cm³/mol. The van der Waals surface area contributed by atoms with Gasteiger partial charge < -0.3 is 10.6 Å². The topological polar surface area (TPSA) is 29.3 Å². The Morgan fingerprint density at radius 2 is 2.05 bits per heavy atom. The molecule has 0 aromatic heterocycles. The number of hydrogen-bond donors (Lipinski definition) is 1. The van der Waals surface area contributed by atoms with Crippen LogP contribution >= 0.6 is 23.8 Å². The largest absolute Gasteiger partial charge is 0.389 e. The van der Waals surface area contributed by atoms with Gasteiger partial charge in [-0.15, -0.1) is 0 Å². The van der Waals surface area contributed by atoms with Crippen LogP contribution in [0.2, 0.25) is 5.02 Å². The summed E-state index contributed by atoms with van der Waals surface area (Å²) in [5.41, 5.74) is 7.51. The van der Waals surface area contributed by atoms with Crippen molar-refractivity contribution in [3.63, 3.8) is 0 Å². The van der Waals surface area contributed by atoms with E-state index in [1.807, 2.05) is 18.2 Å². The van der Waals surface area contributed by atoms with E-state index in [1.165, 1.54) is 32.1 Å². The molecule has 2 nitrogen and oxygen atoms in total. The molecule has 1 aromatic rings. The molecule has 0 radical (unpaired) electrons. The highest BCUT2D eigenvalue weighted by Gasteiger charge is 2.17. The highest BCUT2D eigenvalue weighted by molar-refractivity contribution is 7.80. The lowest BCUT2D eigenvalue weighted by Crippen LogP contribution is -2.27. The Morgan fingerprint density at radius 3 is 2.63 bits per heavy atom. The summed E-state index contributed by atoms with van der Waals surface area (Å²) >= 11 is 11.3. The Hall–Kier alpha value is -0.800. The number of anilines is 1. The van der Waals surface area contributed by atoms with Gasteiger partial charge in [-0.3, -0.25) is 0 Å². The zero-order valence-electron chi connectivity index (χ0n) is 11.4. The van der Waals surface area contributed by atoms with E-state index in [4.69, 9.17) is 29.6 Å². The maximum atomic E-state index is 6.33. The summed E-state index contributed by atoms with van der Waals surface area (Å²) in [4.78, 5) is 2.64. The second-order valence-corrected chi connectivity index (χ2v) is 6.26. The normalized spacial score (nSPS) is 16.3. The zero-order valence-corrected chi connectivity index (χ0v) is 12.9. The van der Waals surface area contributed by atoms with Crippen LogP contribution in [0.4, 0.5) is 5.69 Å². The van der Waals surface area contributed by atoms with E-state index < -0.39 is 0 Å². The fraction of sp³-hybridized carbons (Fsp3) is 0.533. The van der Waals surface area contributed by atoms with E-state index in [0.717, 1.165) is 28.7 Å². The van der Waals surface area contributed by atoms with Gasteiger partial charge in [-0.05, 0) is 37.0 Å². The first-order valence-electron chi connectivity index (χ1n) is 6.88. The van der Waals surface area contributed by atoms with Crippen molar-refractivity contribution in [1.82, 2.24) is 0 Å². The summed E-state index contributed by atoms with van der Waals surface area (Å²) in [5.74, 6) is 0.796. The minimum atomic E-state index is 0.392. The van der Waals surface area contributed by atoms with Gasteiger partial charge in [0.15, 0.2) is 0 Å². The molecule has 0 heterocycles. The molecular formula is C15H21ClN2S. The van der Waals surface area contributed by atoms with Crippen LogP contribution in [0.1, 0.15) is 37.7 Å². The lowest BCUT2D eigenvalue weighted by Gasteiger charge is -2.29. The number of nitrogens with two attached hydrogens (primary N) is 1. The number of thiocarbonyl (C=S) groups is 1. The molecule has 2 rings (SSSR count). The summed E-state index contributed by atoms with van der Waals surface area (Å²) in [6.07, 6.45) is 6.81. The monoisotopic (exact) mass is 296 g/mol. The minimum absolute atomic E-state index is 0.392. The molecule has 1 saturated carbocycles. The maximum Gasteiger partial charge on any atom is 0.104 e. The van der Waals surface area contributed by atoms with Gasteiger partial charge in [-0.25, -0.2) is 0 Å². The first kappa shape index (κ1) is 14.6. The summed E-state index contributed by atoms with van der Waals surface area (Å²) in [7, 11) is 2.11. The lowest BCUT2D eigenvalue weighted by atomic mass is 9.89. The third-order valence-electron chi connectivity index (χ3n) is 3.90. The highest BCUT2D eigenvalue weighted by atomic mass is 35.5. The molecule has 0 amide bonds. The molecule has 0 atom stereocenters. The second kappa shape index (κ2) is 6.58. The Balaban J connectivity index is 2.05. The molecule has 1 fully saturated rings. The van der Waals surface area contributed by atoms with Crippen molar-refractivity contribution in [2.45, 2.75) is 32.1 Å². The van der Waals surface area contributed by atoms with Gasteiger partial charge in [0.1, 0.15) is 4.99 Å². The molecule has 0 aliphatic heterocycles. The van der Waals surface area contributed by atoms with Crippen molar-refractivity contribution >= 4 is 34.5 Å². The molecule has 104 valence electrons. The van der Waals surface area contributed by atoms with E-state index in [2.05, 4.69) is 11.9 Å². The molecule has 0 saturated heterocycles. The Morgan fingerprint density at radius 1 is 1.37 bits per heavy atom. The van der Waals surface area contributed by atoms with Gasteiger partial charge in [0.05, 0.1) is 10.7 Å². The van der Waals surface area contributed by atoms with E-state index in [0.29, 0.717) is 4.99 Å². The first-order valence-corrected chi connectivity index (χ1v) is 7.67. The van der Waals surface area contributed by atoms with Crippen LogP contribution in [0.3, 0.4) is 0 Å². The molecule has 19 heavy (non-hydrogen) atoms. The second-order valence-electron chi connectivity index (χ2n) is 5.41. The van der Waals surface area contributed by atoms with Gasteiger partial charge in [0.2, 0.25) is 0 Å². The Bertz CT molecular complexity index is 455. The number of hydrogen-bond acceptors (Lipinski definition) is 2. The van der Waals surface area contributed by atoms with Crippen LogP contribution in [-0.4, -0.2) is 18.6 Å². The summed E-state index contributed by atoms with van der Waals surface area (Å²) in [6, 6.07) is 5.82. The highest BCUT2D eigenvalue weighted by Crippen LogP contribution is 2.30. The third kappa shape index (κ3) is 3.83. The van der Waals surface area contributed by atoms with Gasteiger partial charge in [0.25, 0.3) is 0 Å². The van der Waals surface area contributed by atoms with E-state index in [1.54, 1.807) is 0 Å². The number of benzene rings is 1. The summed E-state index contributed by atoms with van der Waals surface area (Å²) < 4.78 is 0. The molecular weight excluding hydrogens is 276 g/mol. The SMILES string of the molecule is CN(CC1CCCCC1)c1ccc(C(N)=S)cc1Cl. The molecule has 2 N–H and O–H groups in total. The van der Waals surface area contributed by atoms with Crippen molar-refractivity contribution in [2.75, 3.05) is 18.5 Å². The van der Waals surface area contributed by atoms with Crippen molar-refractivity contribution in [3.8, 4) is 0 Å². The van der Waals surface area contributed by atoms with Crippen LogP contribution in [0.5, 0.6) is 0 Å². The standard InChI is InChI=1S/C15H21ClN2S/c1-18(10-11-5-3-2-4-6-11)14-8-7-12(15(17)19)9-13(14)16/h7-9,11H,2-6,10H2,1H3,(H2,17,19). The van der Waals surface area contributed by atoms with Crippen LogP contribution in [0, 0.1) is 5.92 Å². The van der Waals surface area contributed by atoms with Gasteiger partial charge in [-0.1, -0.05) is 43.1 Å². The van der Waals surface area contributed by atoms with Crippen LogP contribution < -0.4 is 10.6 Å². The van der Waals surface area contributed by atoms with Gasteiger partial charge in [0, 0.05) is 19.2 Å². The van der Waals surface area contributed by atoms with Crippen molar-refractivity contribution in [2.24, 2.45) is 11.7 Å². The lowest BCUT2D eigenvalue weighted by molar-refractivity contribution is 0.362. The number of nitrogens with zero attached hydrogens (tertiary/aromatic N) is 1. The van der Waals surface area contributed by atoms with Crippen molar-refractivity contribution in [3.05, 3.63) is 28.8 Å². The number of halogens is 1. The van der Waals surface area contributed by atoms with E-state index in [9.17, 15) is 0 Å². The zero-order chi connectivity index (χ0) is 13.8. The van der Waals surface area contributed by atoms with Crippen LogP contribution in [0.25, 0.3) is 0 Å². The van der Waals surface area contributed by atoms with Crippen molar-refractivity contribution < 1.29 is 0 Å². The molecule has 1 aliphatic rings. The van der Waals surface area contributed by atoms with Gasteiger partial charge in [-0.2, -0.15) is 0 Å². The van der Waals surface area contributed by atoms with Crippen LogP contribution in [0.15, 0.2) is 18.2 Å². The number of rotatable bonds is 4. The quantitative estimate of drug-likeness (QED) is 0.852. The van der Waals surface area contributed by atoms with Crippen LogP contribution in [-0.2, 0) is 0 Å². The minimum Gasteiger partial charge on any atom is -0.389 e. The molecule has 0 bridgehead atoms. The third-order valence-corrected chi connectivity index (χ3v) is 4.44. The smallest absolute Gasteiger partial charge is 0.104 e. The van der Waals surface area contributed by atoms with Crippen molar-refractivity contribution in [1.29, 1.82) is 0 Å². The Labute approximate surface area is 125 Å². The first-order chi connectivity index (χ1) is 9.08. The van der Waals surface area contributed by atoms with E-state index >= 15 is 0 Å². The molecule has 4 heteroatoms. The van der Waals surface area contributed by atoms with Gasteiger partial charge >= 0.3 is 0 Å². The fourth-order valence-electron chi connectivity index (χ4n) is 2.83. The molecule has 0 unspecified atom stereocenters. The average molecular weight is 297 g/mol. The summed E-state index contributed by atoms with van der Waals surface area (Å²) in [6.45, 7) is 1.08. The Kier molecular flexibility index (Phi) is 5.06. The van der Waals surface area contributed by atoms with E-state index in [-0.39, 0.29) is 0 Å².